The summed E-state index contributed by atoms with van der Waals surface area (Å²) in [4.78, 5) is 24.4. The number of alkyl halides is 3. The number of amides is 1. The maximum absolute atomic E-state index is 12.9. The molecule has 0 spiro atoms. The standard InChI is InChI=1S/C16H14F3N7O2/c1-9(23-15(28)11-5-12(16(17,18)19)25(2)24-11)13-14(21-4-3-20-13)26-7-10(8-27)6-22-26/h3-7,27H,8H2,1-2H3. The first-order valence-electron chi connectivity index (χ1n) is 7.87. The van der Waals surface area contributed by atoms with Gasteiger partial charge in [0.25, 0.3) is 5.91 Å². The van der Waals surface area contributed by atoms with Crippen molar-refractivity contribution >= 4 is 11.6 Å². The minimum absolute atomic E-state index is 0.119. The summed E-state index contributed by atoms with van der Waals surface area (Å²) < 4.78 is 40.5. The lowest BCUT2D eigenvalue weighted by Crippen LogP contribution is -2.11. The average molecular weight is 393 g/mol. The number of hydrogen-bond acceptors (Lipinski definition) is 6. The van der Waals surface area contributed by atoms with Crippen molar-refractivity contribution in [3.05, 3.63) is 53.5 Å². The number of aliphatic hydroxyl groups excluding tert-OH is 1. The van der Waals surface area contributed by atoms with E-state index in [1.165, 1.54) is 36.4 Å². The van der Waals surface area contributed by atoms with Gasteiger partial charge in [-0.05, 0) is 6.92 Å². The molecule has 3 aromatic rings. The largest absolute Gasteiger partial charge is 0.433 e. The second-order valence-electron chi connectivity index (χ2n) is 5.72. The third kappa shape index (κ3) is 3.81. The van der Waals surface area contributed by atoms with Gasteiger partial charge in [-0.25, -0.2) is 19.6 Å². The third-order valence-electron chi connectivity index (χ3n) is 3.72. The Hall–Kier alpha value is -3.41. The summed E-state index contributed by atoms with van der Waals surface area (Å²) in [6.45, 7) is 1.25. The van der Waals surface area contributed by atoms with E-state index in [2.05, 4.69) is 25.2 Å². The lowest BCUT2D eigenvalue weighted by atomic mass is 10.2. The fourth-order valence-corrected chi connectivity index (χ4v) is 2.41. The van der Waals surface area contributed by atoms with Crippen molar-refractivity contribution in [1.82, 2.24) is 29.5 Å². The molecule has 0 radical (unpaired) electrons. The number of nitrogens with zero attached hydrogens (tertiary/aromatic N) is 7. The van der Waals surface area contributed by atoms with E-state index in [-0.39, 0.29) is 23.8 Å². The van der Waals surface area contributed by atoms with Gasteiger partial charge in [0.2, 0.25) is 0 Å². The highest BCUT2D eigenvalue weighted by molar-refractivity contribution is 6.09. The molecule has 146 valence electrons. The minimum Gasteiger partial charge on any atom is -0.392 e. The Balaban J connectivity index is 1.95. The van der Waals surface area contributed by atoms with E-state index >= 15 is 0 Å². The van der Waals surface area contributed by atoms with Gasteiger partial charge < -0.3 is 5.11 Å². The number of aliphatic imine (C=N–C) groups is 1. The molecule has 0 fully saturated rings. The Kier molecular flexibility index (Phi) is 5.05. The third-order valence-corrected chi connectivity index (χ3v) is 3.72. The van der Waals surface area contributed by atoms with Crippen molar-refractivity contribution in [1.29, 1.82) is 0 Å². The van der Waals surface area contributed by atoms with Crippen LogP contribution >= 0.6 is 0 Å². The van der Waals surface area contributed by atoms with Gasteiger partial charge in [-0.3, -0.25) is 9.48 Å². The first-order chi connectivity index (χ1) is 13.2. The molecule has 0 aromatic carbocycles. The topological polar surface area (TPSA) is 111 Å². The normalized spacial score (nSPS) is 12.4. The van der Waals surface area contributed by atoms with Crippen LogP contribution in [0.25, 0.3) is 5.82 Å². The van der Waals surface area contributed by atoms with Crippen LogP contribution < -0.4 is 0 Å². The maximum Gasteiger partial charge on any atom is 0.433 e. The fraction of sp³-hybridized carbons (Fsp3) is 0.250. The average Bonchev–Trinajstić information content (AvgIpc) is 3.27. The number of aromatic nitrogens is 6. The van der Waals surface area contributed by atoms with E-state index in [1.54, 1.807) is 0 Å². The molecule has 0 aliphatic rings. The Morgan fingerprint density at radius 3 is 2.61 bits per heavy atom. The fourth-order valence-electron chi connectivity index (χ4n) is 2.41. The molecular formula is C16H14F3N7O2. The van der Waals surface area contributed by atoms with Gasteiger partial charge in [0.15, 0.2) is 11.5 Å². The van der Waals surface area contributed by atoms with E-state index in [9.17, 15) is 18.0 Å². The summed E-state index contributed by atoms with van der Waals surface area (Å²) >= 11 is 0. The second-order valence-corrected chi connectivity index (χ2v) is 5.72. The number of halogens is 3. The van der Waals surface area contributed by atoms with Crippen LogP contribution in [-0.2, 0) is 19.8 Å². The number of carbonyl (C=O) groups excluding carboxylic acids is 1. The summed E-state index contributed by atoms with van der Waals surface area (Å²) in [6, 6.07) is 0.637. The molecule has 28 heavy (non-hydrogen) atoms. The summed E-state index contributed by atoms with van der Waals surface area (Å²) in [5.74, 6) is -0.704. The van der Waals surface area contributed by atoms with Crippen molar-refractivity contribution in [2.75, 3.05) is 0 Å². The van der Waals surface area contributed by atoms with Crippen molar-refractivity contribution in [2.45, 2.75) is 19.7 Å². The van der Waals surface area contributed by atoms with E-state index in [4.69, 9.17) is 5.11 Å². The molecule has 3 aromatic heterocycles. The van der Waals surface area contributed by atoms with Gasteiger partial charge in [-0.2, -0.15) is 23.4 Å². The minimum atomic E-state index is -4.64. The lowest BCUT2D eigenvalue weighted by molar-refractivity contribution is -0.143. The molecule has 3 heterocycles. The molecule has 0 bridgehead atoms. The molecule has 0 aliphatic carbocycles. The summed E-state index contributed by atoms with van der Waals surface area (Å²) in [5, 5.41) is 16.8. The first kappa shape index (κ1) is 19.4. The van der Waals surface area contributed by atoms with Crippen LogP contribution in [0.3, 0.4) is 0 Å². The van der Waals surface area contributed by atoms with Crippen LogP contribution in [0.4, 0.5) is 13.2 Å². The van der Waals surface area contributed by atoms with Crippen LogP contribution in [0.5, 0.6) is 0 Å². The molecular weight excluding hydrogens is 379 g/mol. The maximum atomic E-state index is 12.9. The molecule has 0 saturated heterocycles. The van der Waals surface area contributed by atoms with Crippen molar-refractivity contribution in [2.24, 2.45) is 12.0 Å². The number of rotatable bonds is 4. The second kappa shape index (κ2) is 7.31. The molecule has 12 heteroatoms. The molecule has 0 saturated carbocycles. The van der Waals surface area contributed by atoms with Gasteiger partial charge in [-0.1, -0.05) is 0 Å². The van der Waals surface area contributed by atoms with E-state index in [1.807, 2.05) is 0 Å². The molecule has 3 rings (SSSR count). The van der Waals surface area contributed by atoms with Gasteiger partial charge in [0.1, 0.15) is 11.4 Å². The number of aliphatic hydroxyl groups is 1. The summed E-state index contributed by atoms with van der Waals surface area (Å²) in [5.41, 5.74) is -0.641. The van der Waals surface area contributed by atoms with Gasteiger partial charge in [-0.15, -0.1) is 0 Å². The molecule has 1 amide bonds. The van der Waals surface area contributed by atoms with Gasteiger partial charge in [0.05, 0.1) is 18.5 Å². The summed E-state index contributed by atoms with van der Waals surface area (Å²) in [7, 11) is 1.09. The predicted molar refractivity (Wildman–Crippen MR) is 89.8 cm³/mol. The van der Waals surface area contributed by atoms with E-state index < -0.39 is 23.5 Å². The Morgan fingerprint density at radius 1 is 1.29 bits per heavy atom. The summed E-state index contributed by atoms with van der Waals surface area (Å²) in [6.07, 6.45) is 1.10. The smallest absolute Gasteiger partial charge is 0.392 e. The number of carbonyl (C=O) groups is 1. The quantitative estimate of drug-likeness (QED) is 0.674. The molecule has 0 unspecified atom stereocenters. The highest BCUT2D eigenvalue weighted by Crippen LogP contribution is 2.29. The Bertz CT molecular complexity index is 1050. The van der Waals surface area contributed by atoms with Crippen LogP contribution in [0.2, 0.25) is 0 Å². The highest BCUT2D eigenvalue weighted by Gasteiger charge is 2.35. The Morgan fingerprint density at radius 2 is 2.00 bits per heavy atom. The predicted octanol–water partition coefficient (Wildman–Crippen LogP) is 1.56. The molecule has 0 aliphatic heterocycles. The van der Waals surface area contributed by atoms with Crippen LogP contribution in [-0.4, -0.2) is 46.3 Å². The number of aryl methyl sites for hydroxylation is 1. The highest BCUT2D eigenvalue weighted by atomic mass is 19.4. The number of hydrogen-bond donors (Lipinski definition) is 1. The zero-order chi connectivity index (χ0) is 20.5. The van der Waals surface area contributed by atoms with Crippen molar-refractivity contribution < 1.29 is 23.1 Å². The van der Waals surface area contributed by atoms with E-state index in [0.29, 0.717) is 16.3 Å². The lowest BCUT2D eigenvalue weighted by Gasteiger charge is -2.06. The van der Waals surface area contributed by atoms with Crippen LogP contribution in [0.1, 0.15) is 34.4 Å². The SMILES string of the molecule is CC(=NC(=O)c1cc(C(F)(F)F)n(C)n1)c1nccnc1-n1cc(CO)cn1. The van der Waals surface area contributed by atoms with E-state index in [0.717, 1.165) is 7.05 Å². The van der Waals surface area contributed by atoms with Gasteiger partial charge >= 0.3 is 6.18 Å². The van der Waals surface area contributed by atoms with Gasteiger partial charge in [0, 0.05) is 37.3 Å². The Labute approximate surface area is 156 Å². The van der Waals surface area contributed by atoms with Crippen molar-refractivity contribution in [3.8, 4) is 5.82 Å². The molecule has 0 atom stereocenters. The van der Waals surface area contributed by atoms with Crippen LogP contribution in [0, 0.1) is 0 Å². The zero-order valence-corrected chi connectivity index (χ0v) is 14.7. The monoisotopic (exact) mass is 393 g/mol. The van der Waals surface area contributed by atoms with Crippen molar-refractivity contribution in [3.63, 3.8) is 0 Å². The van der Waals surface area contributed by atoms with Crippen LogP contribution in [0.15, 0.2) is 35.8 Å². The molecule has 9 nitrogen and oxygen atoms in total. The molecule has 1 N–H and O–H groups in total. The zero-order valence-electron chi connectivity index (χ0n) is 14.7. The first-order valence-corrected chi connectivity index (χ1v) is 7.87.